The van der Waals surface area contributed by atoms with Gasteiger partial charge in [-0.15, -0.1) is 10.2 Å². The van der Waals surface area contributed by atoms with Gasteiger partial charge in [0.05, 0.1) is 10.2 Å². The van der Waals surface area contributed by atoms with Crippen LogP contribution in [0.4, 0.5) is 11.4 Å². The van der Waals surface area contributed by atoms with E-state index in [9.17, 15) is 14.9 Å². The SMILES string of the molecule is C[C@H](Sc1nnc(COc2ccc3ccccc3c2)n1C)C(=O)Nc1ccc([N+](=O)[O-])cc1. The van der Waals surface area contributed by atoms with Crippen LogP contribution in [-0.2, 0) is 18.4 Å². The number of nitrogens with zero attached hydrogens (tertiary/aromatic N) is 4. The van der Waals surface area contributed by atoms with Crippen molar-refractivity contribution in [1.29, 1.82) is 0 Å². The Labute approximate surface area is 193 Å². The number of ether oxygens (including phenoxy) is 1. The standard InChI is InChI=1S/C23H21N5O4S/c1-15(22(29)24-18-8-10-19(11-9-18)28(30)31)33-23-26-25-21(27(23)2)14-32-20-12-7-16-5-3-4-6-17(16)13-20/h3-13,15H,14H2,1-2H3,(H,24,29)/t15-/m0/s1. The summed E-state index contributed by atoms with van der Waals surface area (Å²) >= 11 is 1.26. The number of nitro benzene ring substituents is 1. The van der Waals surface area contributed by atoms with E-state index in [1.807, 2.05) is 49.5 Å². The first-order chi connectivity index (χ1) is 15.9. The summed E-state index contributed by atoms with van der Waals surface area (Å²) in [5.41, 5.74) is 0.452. The van der Waals surface area contributed by atoms with Crippen LogP contribution in [0.15, 0.2) is 71.9 Å². The highest BCUT2D eigenvalue weighted by Crippen LogP contribution is 2.25. The predicted octanol–water partition coefficient (Wildman–Crippen LogP) is 4.57. The quantitative estimate of drug-likeness (QED) is 0.231. The van der Waals surface area contributed by atoms with Crippen molar-refractivity contribution < 1.29 is 14.5 Å². The summed E-state index contributed by atoms with van der Waals surface area (Å²) in [5.74, 6) is 1.13. The maximum Gasteiger partial charge on any atom is 0.269 e. The van der Waals surface area contributed by atoms with Gasteiger partial charge in [-0.05, 0) is 42.0 Å². The zero-order valence-corrected chi connectivity index (χ0v) is 18.8. The number of hydrogen-bond donors (Lipinski definition) is 1. The van der Waals surface area contributed by atoms with Crippen LogP contribution in [0, 0.1) is 10.1 Å². The summed E-state index contributed by atoms with van der Waals surface area (Å²) < 4.78 is 7.69. The molecule has 1 amide bonds. The normalized spacial score (nSPS) is 11.8. The molecule has 0 spiro atoms. The van der Waals surface area contributed by atoms with E-state index < -0.39 is 10.2 Å². The zero-order valence-electron chi connectivity index (χ0n) is 18.0. The minimum absolute atomic E-state index is 0.0343. The van der Waals surface area contributed by atoms with Crippen LogP contribution in [0.5, 0.6) is 5.75 Å². The molecule has 0 aliphatic rings. The van der Waals surface area contributed by atoms with Gasteiger partial charge in [-0.3, -0.25) is 14.9 Å². The number of carbonyl (C=O) groups is 1. The number of carbonyl (C=O) groups excluding carboxylic acids is 1. The Bertz CT molecular complexity index is 1310. The molecule has 33 heavy (non-hydrogen) atoms. The Morgan fingerprint density at radius 3 is 2.58 bits per heavy atom. The average molecular weight is 464 g/mol. The number of aromatic nitrogens is 3. The molecule has 0 bridgehead atoms. The van der Waals surface area contributed by atoms with E-state index in [0.29, 0.717) is 16.7 Å². The first kappa shape index (κ1) is 22.3. The van der Waals surface area contributed by atoms with Crippen molar-refractivity contribution in [3.8, 4) is 5.75 Å². The molecule has 1 atom stereocenters. The molecular weight excluding hydrogens is 442 g/mol. The van der Waals surface area contributed by atoms with Crippen molar-refractivity contribution in [2.75, 3.05) is 5.32 Å². The maximum absolute atomic E-state index is 12.5. The van der Waals surface area contributed by atoms with Crippen LogP contribution in [0.25, 0.3) is 10.8 Å². The zero-order chi connectivity index (χ0) is 23.4. The maximum atomic E-state index is 12.5. The van der Waals surface area contributed by atoms with E-state index in [4.69, 9.17) is 4.74 Å². The van der Waals surface area contributed by atoms with Gasteiger partial charge in [0, 0.05) is 24.9 Å². The van der Waals surface area contributed by atoms with Gasteiger partial charge in [-0.25, -0.2) is 0 Å². The number of hydrogen-bond acceptors (Lipinski definition) is 7. The van der Waals surface area contributed by atoms with E-state index >= 15 is 0 Å². The fraction of sp³-hybridized carbons (Fsp3) is 0.174. The van der Waals surface area contributed by atoms with Crippen LogP contribution < -0.4 is 10.1 Å². The Kier molecular flexibility index (Phi) is 6.55. The minimum atomic E-state index is -0.487. The van der Waals surface area contributed by atoms with E-state index in [-0.39, 0.29) is 18.2 Å². The molecule has 9 nitrogen and oxygen atoms in total. The molecule has 0 fully saturated rings. The van der Waals surface area contributed by atoms with Crippen molar-refractivity contribution in [3.63, 3.8) is 0 Å². The number of thioether (sulfide) groups is 1. The summed E-state index contributed by atoms with van der Waals surface area (Å²) in [7, 11) is 1.82. The molecule has 0 saturated heterocycles. The number of fused-ring (bicyclic) bond motifs is 1. The number of nitrogens with one attached hydrogen (secondary N) is 1. The smallest absolute Gasteiger partial charge is 0.269 e. The lowest BCUT2D eigenvalue weighted by atomic mass is 10.1. The largest absolute Gasteiger partial charge is 0.486 e. The predicted molar refractivity (Wildman–Crippen MR) is 126 cm³/mol. The van der Waals surface area contributed by atoms with Gasteiger partial charge in [-0.1, -0.05) is 42.1 Å². The number of rotatable bonds is 8. The van der Waals surface area contributed by atoms with E-state index in [2.05, 4.69) is 15.5 Å². The van der Waals surface area contributed by atoms with E-state index in [1.165, 1.54) is 36.0 Å². The molecule has 1 N–H and O–H groups in total. The van der Waals surface area contributed by atoms with Gasteiger partial charge in [0.25, 0.3) is 5.69 Å². The highest BCUT2D eigenvalue weighted by molar-refractivity contribution is 8.00. The number of benzene rings is 3. The molecule has 0 aliphatic heterocycles. The van der Waals surface area contributed by atoms with Gasteiger partial charge in [-0.2, -0.15) is 0 Å². The Hall–Kier alpha value is -3.92. The average Bonchev–Trinajstić information content (AvgIpc) is 3.16. The second-order valence-corrected chi connectivity index (χ2v) is 8.62. The molecule has 4 rings (SSSR count). The molecule has 3 aromatic carbocycles. The third-order valence-corrected chi connectivity index (χ3v) is 6.14. The molecular formula is C23H21N5O4S. The number of anilines is 1. The highest BCUT2D eigenvalue weighted by Gasteiger charge is 2.19. The lowest BCUT2D eigenvalue weighted by molar-refractivity contribution is -0.384. The molecule has 0 aliphatic carbocycles. The summed E-state index contributed by atoms with van der Waals surface area (Å²) in [6.07, 6.45) is 0. The topological polar surface area (TPSA) is 112 Å². The Balaban J connectivity index is 1.35. The van der Waals surface area contributed by atoms with Gasteiger partial charge in [0.15, 0.2) is 11.0 Å². The monoisotopic (exact) mass is 463 g/mol. The summed E-state index contributed by atoms with van der Waals surface area (Å²) in [6.45, 7) is 2.00. The van der Waals surface area contributed by atoms with Crippen LogP contribution in [0.1, 0.15) is 12.7 Å². The molecule has 1 aromatic heterocycles. The van der Waals surface area contributed by atoms with Crippen molar-refractivity contribution in [3.05, 3.63) is 82.7 Å². The number of non-ortho nitro benzene ring substituents is 1. The first-order valence-electron chi connectivity index (χ1n) is 10.1. The van der Waals surface area contributed by atoms with Gasteiger partial charge in [0.1, 0.15) is 12.4 Å². The first-order valence-corrected chi connectivity index (χ1v) is 11.0. The van der Waals surface area contributed by atoms with Crippen molar-refractivity contribution in [1.82, 2.24) is 14.8 Å². The van der Waals surface area contributed by atoms with Gasteiger partial charge < -0.3 is 14.6 Å². The van der Waals surface area contributed by atoms with Crippen LogP contribution >= 0.6 is 11.8 Å². The van der Waals surface area contributed by atoms with E-state index in [0.717, 1.165) is 16.5 Å². The fourth-order valence-corrected chi connectivity index (χ4v) is 3.93. The molecule has 10 heteroatoms. The van der Waals surface area contributed by atoms with Crippen molar-refractivity contribution in [2.24, 2.45) is 7.05 Å². The van der Waals surface area contributed by atoms with Gasteiger partial charge in [0.2, 0.25) is 5.91 Å². The lowest BCUT2D eigenvalue weighted by Crippen LogP contribution is -2.22. The molecule has 0 radical (unpaired) electrons. The Morgan fingerprint density at radius 2 is 1.85 bits per heavy atom. The third kappa shape index (κ3) is 5.29. The second-order valence-electron chi connectivity index (χ2n) is 7.31. The molecule has 0 saturated carbocycles. The molecule has 4 aromatic rings. The van der Waals surface area contributed by atoms with Crippen molar-refractivity contribution >= 4 is 39.8 Å². The summed E-state index contributed by atoms with van der Waals surface area (Å²) in [6, 6.07) is 19.6. The van der Waals surface area contributed by atoms with Crippen LogP contribution in [0.2, 0.25) is 0 Å². The molecule has 168 valence electrons. The fourth-order valence-electron chi connectivity index (χ4n) is 3.10. The van der Waals surface area contributed by atoms with Crippen LogP contribution in [0.3, 0.4) is 0 Å². The van der Waals surface area contributed by atoms with Gasteiger partial charge >= 0.3 is 0 Å². The van der Waals surface area contributed by atoms with Crippen LogP contribution in [-0.4, -0.2) is 30.8 Å². The number of amides is 1. The minimum Gasteiger partial charge on any atom is -0.486 e. The van der Waals surface area contributed by atoms with Crippen molar-refractivity contribution in [2.45, 2.75) is 23.9 Å². The summed E-state index contributed by atoms with van der Waals surface area (Å²) in [4.78, 5) is 22.8. The molecule has 0 unspecified atom stereocenters. The number of nitro groups is 1. The van der Waals surface area contributed by atoms with E-state index in [1.54, 1.807) is 11.5 Å². The second kappa shape index (κ2) is 9.70. The Morgan fingerprint density at radius 1 is 1.12 bits per heavy atom. The summed E-state index contributed by atoms with van der Waals surface area (Å²) in [5, 5.41) is 24.2. The third-order valence-electron chi connectivity index (χ3n) is 5.01. The highest BCUT2D eigenvalue weighted by atomic mass is 32.2. The molecule has 1 heterocycles. The lowest BCUT2D eigenvalue weighted by Gasteiger charge is -2.12.